The van der Waals surface area contributed by atoms with Crippen molar-refractivity contribution in [1.82, 2.24) is 0 Å². The molecule has 0 aliphatic carbocycles. The van der Waals surface area contributed by atoms with Gasteiger partial charge in [0.15, 0.2) is 0 Å². The Balaban J connectivity index is 3.04. The van der Waals surface area contributed by atoms with Gasteiger partial charge in [0, 0.05) is 0 Å². The molecule has 1 rings (SSSR count). The lowest BCUT2D eigenvalue weighted by Crippen LogP contribution is -2.16. The first-order chi connectivity index (χ1) is 9.24. The van der Waals surface area contributed by atoms with Crippen LogP contribution in [0.5, 0.6) is 5.75 Å². The van der Waals surface area contributed by atoms with Crippen LogP contribution in [0.4, 0.5) is 0 Å². The van der Waals surface area contributed by atoms with Gasteiger partial charge in [-0.2, -0.15) is 0 Å². The second-order valence-corrected chi connectivity index (χ2v) is 7.20. The highest BCUT2D eigenvalue weighted by Gasteiger charge is 2.20. The van der Waals surface area contributed by atoms with Gasteiger partial charge < -0.3 is 4.74 Å². The minimum atomic E-state index is 0.0970. The van der Waals surface area contributed by atoms with Crippen molar-refractivity contribution in [2.24, 2.45) is 11.8 Å². The first-order valence-electron chi connectivity index (χ1n) is 7.62. The summed E-state index contributed by atoms with van der Waals surface area (Å²) in [6, 6.07) is 6.62. The Bertz CT molecular complexity index is 438. The Morgan fingerprint density at radius 2 is 1.85 bits per heavy atom. The normalized spacial score (nSPS) is 13.3. The molecule has 0 spiro atoms. The molecule has 0 radical (unpaired) electrons. The maximum atomic E-state index is 5.99. The molecule has 0 bridgehead atoms. The van der Waals surface area contributed by atoms with Gasteiger partial charge in [-0.05, 0) is 40.9 Å². The van der Waals surface area contributed by atoms with Crippen LogP contribution in [0.2, 0.25) is 0 Å². The summed E-state index contributed by atoms with van der Waals surface area (Å²) in [4.78, 5) is 0. The van der Waals surface area contributed by atoms with Crippen LogP contribution in [0.15, 0.2) is 30.9 Å². The molecule has 0 saturated heterocycles. The third-order valence-corrected chi connectivity index (χ3v) is 3.38. The van der Waals surface area contributed by atoms with Gasteiger partial charge >= 0.3 is 0 Å². The molecule has 1 atom stereocenters. The van der Waals surface area contributed by atoms with Crippen molar-refractivity contribution in [1.29, 1.82) is 0 Å². The van der Waals surface area contributed by atoms with E-state index in [0.717, 1.165) is 18.8 Å². The summed E-state index contributed by atoms with van der Waals surface area (Å²) in [6.45, 7) is 17.9. The average Bonchev–Trinajstić information content (AvgIpc) is 2.35. The summed E-state index contributed by atoms with van der Waals surface area (Å²) in [5.41, 5.74) is 2.76. The summed E-state index contributed by atoms with van der Waals surface area (Å²) in [5.74, 6) is 2.08. The van der Waals surface area contributed by atoms with E-state index in [9.17, 15) is 0 Å². The molecule has 0 saturated carbocycles. The SMILES string of the molecule is C=CC(C)Cc1ccc(OCC(C)C)c(C(C)(C)C)c1. The van der Waals surface area contributed by atoms with Gasteiger partial charge in [0.05, 0.1) is 6.61 Å². The van der Waals surface area contributed by atoms with Gasteiger partial charge in [-0.25, -0.2) is 0 Å². The molecule has 0 aliphatic rings. The first kappa shape index (κ1) is 16.8. The lowest BCUT2D eigenvalue weighted by molar-refractivity contribution is 0.265. The fourth-order valence-corrected chi connectivity index (χ4v) is 2.13. The molecule has 0 aliphatic heterocycles. The minimum absolute atomic E-state index is 0.0970. The van der Waals surface area contributed by atoms with Crippen LogP contribution >= 0.6 is 0 Å². The van der Waals surface area contributed by atoms with Crippen LogP contribution in [-0.2, 0) is 11.8 Å². The zero-order chi connectivity index (χ0) is 15.3. The molecule has 0 amide bonds. The van der Waals surface area contributed by atoms with Crippen molar-refractivity contribution in [3.05, 3.63) is 42.0 Å². The molecule has 1 nitrogen and oxygen atoms in total. The van der Waals surface area contributed by atoms with Crippen LogP contribution in [-0.4, -0.2) is 6.61 Å². The van der Waals surface area contributed by atoms with Crippen LogP contribution in [0, 0.1) is 11.8 Å². The van der Waals surface area contributed by atoms with Gasteiger partial charge in [-0.3, -0.25) is 0 Å². The van der Waals surface area contributed by atoms with Crippen LogP contribution < -0.4 is 4.74 Å². The Morgan fingerprint density at radius 3 is 2.35 bits per heavy atom. The smallest absolute Gasteiger partial charge is 0.123 e. The van der Waals surface area contributed by atoms with E-state index in [0.29, 0.717) is 11.8 Å². The summed E-state index contributed by atoms with van der Waals surface area (Å²) in [5, 5.41) is 0. The monoisotopic (exact) mass is 274 g/mol. The van der Waals surface area contributed by atoms with Gasteiger partial charge in [-0.15, -0.1) is 6.58 Å². The van der Waals surface area contributed by atoms with E-state index >= 15 is 0 Å². The molecule has 1 aromatic rings. The molecule has 1 unspecified atom stereocenters. The van der Waals surface area contributed by atoms with Crippen LogP contribution in [0.1, 0.15) is 52.7 Å². The highest BCUT2D eigenvalue weighted by atomic mass is 16.5. The summed E-state index contributed by atoms with van der Waals surface area (Å²) in [6.07, 6.45) is 3.05. The van der Waals surface area contributed by atoms with Gasteiger partial charge in [0.25, 0.3) is 0 Å². The van der Waals surface area contributed by atoms with Crippen LogP contribution in [0.3, 0.4) is 0 Å². The number of hydrogen-bond acceptors (Lipinski definition) is 1. The fourth-order valence-electron chi connectivity index (χ4n) is 2.13. The maximum Gasteiger partial charge on any atom is 0.123 e. The van der Waals surface area contributed by atoms with Gasteiger partial charge in [-0.1, -0.05) is 59.8 Å². The number of ether oxygens (including phenoxy) is 1. The van der Waals surface area contributed by atoms with Gasteiger partial charge in [0.2, 0.25) is 0 Å². The Kier molecular flexibility index (Phi) is 5.86. The molecule has 0 N–H and O–H groups in total. The first-order valence-corrected chi connectivity index (χ1v) is 7.62. The van der Waals surface area contributed by atoms with Gasteiger partial charge in [0.1, 0.15) is 5.75 Å². The molecule has 1 aromatic carbocycles. The van der Waals surface area contributed by atoms with Crippen molar-refractivity contribution in [2.45, 2.75) is 53.4 Å². The zero-order valence-corrected chi connectivity index (χ0v) is 14.0. The number of hydrogen-bond donors (Lipinski definition) is 0. The van der Waals surface area contributed by atoms with E-state index in [1.165, 1.54) is 11.1 Å². The lowest BCUT2D eigenvalue weighted by atomic mass is 9.84. The highest BCUT2D eigenvalue weighted by molar-refractivity contribution is 5.42. The molecule has 0 fully saturated rings. The quantitative estimate of drug-likeness (QED) is 0.632. The van der Waals surface area contributed by atoms with Crippen molar-refractivity contribution >= 4 is 0 Å². The number of rotatable bonds is 6. The van der Waals surface area contributed by atoms with E-state index < -0.39 is 0 Å². The van der Waals surface area contributed by atoms with Crippen molar-refractivity contribution in [3.8, 4) is 5.75 Å². The lowest BCUT2D eigenvalue weighted by Gasteiger charge is -2.24. The van der Waals surface area contributed by atoms with E-state index in [-0.39, 0.29) is 5.41 Å². The summed E-state index contributed by atoms with van der Waals surface area (Å²) >= 11 is 0. The minimum Gasteiger partial charge on any atom is -0.493 e. The second kappa shape index (κ2) is 6.97. The van der Waals surface area contributed by atoms with Crippen molar-refractivity contribution in [2.75, 3.05) is 6.61 Å². The van der Waals surface area contributed by atoms with E-state index in [1.54, 1.807) is 0 Å². The zero-order valence-electron chi connectivity index (χ0n) is 14.0. The van der Waals surface area contributed by atoms with E-state index in [1.807, 2.05) is 6.08 Å². The molecule has 1 heteroatoms. The molecule has 0 heterocycles. The standard InChI is InChI=1S/C19H30O/c1-8-15(4)11-16-9-10-18(20-13-14(2)3)17(12-16)19(5,6)7/h8-10,12,14-15H,1,11,13H2,2-7H3. The van der Waals surface area contributed by atoms with E-state index in [2.05, 4.69) is 66.3 Å². The van der Waals surface area contributed by atoms with Crippen molar-refractivity contribution in [3.63, 3.8) is 0 Å². The summed E-state index contributed by atoms with van der Waals surface area (Å²) in [7, 11) is 0. The summed E-state index contributed by atoms with van der Waals surface area (Å²) < 4.78 is 5.99. The average molecular weight is 274 g/mol. The number of allylic oxidation sites excluding steroid dienone is 1. The molecule has 0 aromatic heterocycles. The predicted octanol–water partition coefficient (Wildman–Crippen LogP) is 5.38. The number of benzene rings is 1. The van der Waals surface area contributed by atoms with E-state index in [4.69, 9.17) is 4.74 Å². The molecular weight excluding hydrogens is 244 g/mol. The predicted molar refractivity (Wildman–Crippen MR) is 88.5 cm³/mol. The molecular formula is C19H30O. The van der Waals surface area contributed by atoms with Crippen molar-refractivity contribution < 1.29 is 4.74 Å². The fraction of sp³-hybridized carbons (Fsp3) is 0.579. The molecule has 112 valence electrons. The Labute approximate surface area is 125 Å². The third-order valence-electron chi connectivity index (χ3n) is 3.38. The highest BCUT2D eigenvalue weighted by Crippen LogP contribution is 2.33. The second-order valence-electron chi connectivity index (χ2n) is 7.20. The Hall–Kier alpha value is -1.24. The Morgan fingerprint density at radius 1 is 1.20 bits per heavy atom. The third kappa shape index (κ3) is 5.03. The molecule has 20 heavy (non-hydrogen) atoms. The topological polar surface area (TPSA) is 9.23 Å². The maximum absolute atomic E-state index is 5.99. The largest absolute Gasteiger partial charge is 0.493 e. The van der Waals surface area contributed by atoms with Crippen LogP contribution in [0.25, 0.3) is 0 Å².